The van der Waals surface area contributed by atoms with Gasteiger partial charge in [-0.15, -0.1) is 0 Å². The summed E-state index contributed by atoms with van der Waals surface area (Å²) in [6.07, 6.45) is 5.94. The Morgan fingerprint density at radius 3 is 2.79 bits per heavy atom. The molecule has 1 N–H and O–H groups in total. The average Bonchev–Trinajstić information content (AvgIpc) is 2.89. The predicted molar refractivity (Wildman–Crippen MR) is 76.7 cm³/mol. The van der Waals surface area contributed by atoms with E-state index in [9.17, 15) is 4.79 Å². The second-order valence-electron chi connectivity index (χ2n) is 5.02. The van der Waals surface area contributed by atoms with E-state index in [2.05, 4.69) is 5.32 Å². The number of methoxy groups -OCH3 is 1. The van der Waals surface area contributed by atoms with Crippen LogP contribution in [0.25, 0.3) is 0 Å². The number of rotatable bonds is 5. The fourth-order valence-corrected chi connectivity index (χ4v) is 2.77. The van der Waals surface area contributed by atoms with Crippen LogP contribution in [-0.4, -0.2) is 19.1 Å². The quantitative estimate of drug-likeness (QED) is 0.899. The van der Waals surface area contributed by atoms with Gasteiger partial charge in [-0.2, -0.15) is 0 Å². The standard InChI is InChI=1S/C15H20ClNO2/c1-19-14-8-6-11(10-13(14)16)7-9-15(18)17-12-4-2-3-5-12/h6,8,10,12H,2-5,7,9H2,1H3,(H,17,18). The molecule has 1 aromatic carbocycles. The largest absolute Gasteiger partial charge is 0.495 e. The lowest BCUT2D eigenvalue weighted by Gasteiger charge is -2.12. The van der Waals surface area contributed by atoms with Crippen LogP contribution in [0.5, 0.6) is 5.75 Å². The van der Waals surface area contributed by atoms with Crippen LogP contribution in [0.2, 0.25) is 5.02 Å². The Morgan fingerprint density at radius 2 is 2.16 bits per heavy atom. The van der Waals surface area contributed by atoms with Crippen molar-refractivity contribution in [3.63, 3.8) is 0 Å². The summed E-state index contributed by atoms with van der Waals surface area (Å²) in [7, 11) is 1.59. The molecule has 2 rings (SSSR count). The second-order valence-corrected chi connectivity index (χ2v) is 5.42. The zero-order valence-corrected chi connectivity index (χ0v) is 12.0. The first-order valence-corrected chi connectivity index (χ1v) is 7.18. The van der Waals surface area contributed by atoms with Gasteiger partial charge in [0, 0.05) is 12.5 Å². The van der Waals surface area contributed by atoms with Crippen LogP contribution in [0, 0.1) is 0 Å². The normalized spacial score (nSPS) is 15.5. The Balaban J connectivity index is 1.81. The Labute approximate surface area is 119 Å². The Morgan fingerprint density at radius 1 is 1.42 bits per heavy atom. The third-order valence-corrected chi connectivity index (χ3v) is 3.87. The van der Waals surface area contributed by atoms with Crippen LogP contribution >= 0.6 is 11.6 Å². The molecule has 1 aromatic rings. The van der Waals surface area contributed by atoms with E-state index >= 15 is 0 Å². The molecule has 4 heteroatoms. The lowest BCUT2D eigenvalue weighted by atomic mass is 10.1. The van der Waals surface area contributed by atoms with E-state index in [1.807, 2.05) is 18.2 Å². The maximum Gasteiger partial charge on any atom is 0.220 e. The number of hydrogen-bond acceptors (Lipinski definition) is 2. The lowest BCUT2D eigenvalue weighted by Crippen LogP contribution is -2.32. The third-order valence-electron chi connectivity index (χ3n) is 3.58. The summed E-state index contributed by atoms with van der Waals surface area (Å²) in [5.41, 5.74) is 1.06. The van der Waals surface area contributed by atoms with Gasteiger partial charge in [-0.25, -0.2) is 0 Å². The van der Waals surface area contributed by atoms with Crippen molar-refractivity contribution in [2.75, 3.05) is 7.11 Å². The Kier molecular flexibility index (Phi) is 5.08. The van der Waals surface area contributed by atoms with Crippen molar-refractivity contribution in [2.24, 2.45) is 0 Å². The van der Waals surface area contributed by atoms with E-state index in [1.54, 1.807) is 7.11 Å². The molecule has 0 heterocycles. The Hall–Kier alpha value is -1.22. The van der Waals surface area contributed by atoms with E-state index in [0.717, 1.165) is 18.4 Å². The number of halogens is 1. The monoisotopic (exact) mass is 281 g/mol. The van der Waals surface area contributed by atoms with Crippen LogP contribution < -0.4 is 10.1 Å². The summed E-state index contributed by atoms with van der Waals surface area (Å²) in [5.74, 6) is 0.805. The summed E-state index contributed by atoms with van der Waals surface area (Å²) in [6.45, 7) is 0. The summed E-state index contributed by atoms with van der Waals surface area (Å²) in [4.78, 5) is 11.8. The van der Waals surface area contributed by atoms with Gasteiger partial charge in [0.1, 0.15) is 5.75 Å². The Bertz CT molecular complexity index is 442. The number of carbonyl (C=O) groups excluding carboxylic acids is 1. The van der Waals surface area contributed by atoms with E-state index in [0.29, 0.717) is 29.7 Å². The first-order chi connectivity index (χ1) is 9.19. The number of aryl methyl sites for hydroxylation is 1. The topological polar surface area (TPSA) is 38.3 Å². The van der Waals surface area contributed by atoms with Crippen molar-refractivity contribution in [3.05, 3.63) is 28.8 Å². The molecule has 0 bridgehead atoms. The molecule has 1 saturated carbocycles. The zero-order valence-electron chi connectivity index (χ0n) is 11.2. The van der Waals surface area contributed by atoms with Gasteiger partial charge < -0.3 is 10.1 Å². The number of carbonyl (C=O) groups is 1. The summed E-state index contributed by atoms with van der Waals surface area (Å²) >= 11 is 6.06. The minimum Gasteiger partial charge on any atom is -0.495 e. The number of amides is 1. The molecule has 0 aromatic heterocycles. The highest BCUT2D eigenvalue weighted by Crippen LogP contribution is 2.25. The SMILES string of the molecule is COc1ccc(CCC(=O)NC2CCCC2)cc1Cl. The molecule has 1 aliphatic carbocycles. The van der Waals surface area contributed by atoms with Crippen molar-refractivity contribution < 1.29 is 9.53 Å². The van der Waals surface area contributed by atoms with Crippen LogP contribution in [0.3, 0.4) is 0 Å². The van der Waals surface area contributed by atoms with E-state index < -0.39 is 0 Å². The molecule has 0 spiro atoms. The molecule has 1 amide bonds. The van der Waals surface area contributed by atoms with Crippen LogP contribution in [0.1, 0.15) is 37.7 Å². The van der Waals surface area contributed by atoms with Crippen molar-refractivity contribution in [2.45, 2.75) is 44.6 Å². The van der Waals surface area contributed by atoms with Gasteiger partial charge in [-0.05, 0) is 37.0 Å². The second kappa shape index (κ2) is 6.80. The first-order valence-electron chi connectivity index (χ1n) is 6.81. The highest BCUT2D eigenvalue weighted by Gasteiger charge is 2.16. The minimum atomic E-state index is 0.138. The molecule has 104 valence electrons. The van der Waals surface area contributed by atoms with Crippen LogP contribution in [-0.2, 0) is 11.2 Å². The number of benzene rings is 1. The highest BCUT2D eigenvalue weighted by atomic mass is 35.5. The molecule has 1 fully saturated rings. The molecular weight excluding hydrogens is 262 g/mol. The predicted octanol–water partition coefficient (Wildman–Crippen LogP) is 3.34. The van der Waals surface area contributed by atoms with E-state index in [1.165, 1.54) is 12.8 Å². The molecule has 19 heavy (non-hydrogen) atoms. The minimum absolute atomic E-state index is 0.138. The van der Waals surface area contributed by atoms with E-state index in [-0.39, 0.29) is 5.91 Å². The van der Waals surface area contributed by atoms with Gasteiger partial charge in [-0.1, -0.05) is 30.5 Å². The lowest BCUT2D eigenvalue weighted by molar-refractivity contribution is -0.121. The van der Waals surface area contributed by atoms with Crippen LogP contribution in [0.15, 0.2) is 18.2 Å². The maximum atomic E-state index is 11.8. The van der Waals surface area contributed by atoms with Crippen LogP contribution in [0.4, 0.5) is 0 Å². The molecule has 1 aliphatic rings. The van der Waals surface area contributed by atoms with Gasteiger partial charge in [0.25, 0.3) is 0 Å². The van der Waals surface area contributed by atoms with Gasteiger partial charge in [0.05, 0.1) is 12.1 Å². The fourth-order valence-electron chi connectivity index (χ4n) is 2.49. The van der Waals surface area contributed by atoms with Gasteiger partial charge in [0.15, 0.2) is 0 Å². The molecule has 0 aliphatic heterocycles. The summed E-state index contributed by atoms with van der Waals surface area (Å²) < 4.78 is 5.10. The highest BCUT2D eigenvalue weighted by molar-refractivity contribution is 6.32. The van der Waals surface area contributed by atoms with Gasteiger partial charge >= 0.3 is 0 Å². The zero-order chi connectivity index (χ0) is 13.7. The average molecular weight is 282 g/mol. The number of ether oxygens (including phenoxy) is 1. The van der Waals surface area contributed by atoms with Gasteiger partial charge in [0.2, 0.25) is 5.91 Å². The first kappa shape index (κ1) is 14.2. The molecule has 0 unspecified atom stereocenters. The fraction of sp³-hybridized carbons (Fsp3) is 0.533. The molecule has 0 saturated heterocycles. The molecular formula is C15H20ClNO2. The van der Waals surface area contributed by atoms with Crippen molar-refractivity contribution in [3.8, 4) is 5.75 Å². The smallest absolute Gasteiger partial charge is 0.220 e. The van der Waals surface area contributed by atoms with Crippen molar-refractivity contribution >= 4 is 17.5 Å². The molecule has 0 radical (unpaired) electrons. The third kappa shape index (κ3) is 4.13. The molecule has 0 atom stereocenters. The summed E-state index contributed by atoms with van der Waals surface area (Å²) in [5, 5.41) is 3.68. The maximum absolute atomic E-state index is 11.8. The van der Waals surface area contributed by atoms with Crippen molar-refractivity contribution in [1.29, 1.82) is 0 Å². The number of hydrogen-bond donors (Lipinski definition) is 1. The molecule has 3 nitrogen and oxygen atoms in total. The summed E-state index contributed by atoms with van der Waals surface area (Å²) in [6, 6.07) is 6.05. The van der Waals surface area contributed by atoms with E-state index in [4.69, 9.17) is 16.3 Å². The number of nitrogens with one attached hydrogen (secondary N) is 1. The van der Waals surface area contributed by atoms with Gasteiger partial charge in [-0.3, -0.25) is 4.79 Å². The van der Waals surface area contributed by atoms with Crippen molar-refractivity contribution in [1.82, 2.24) is 5.32 Å².